The zero-order valence-electron chi connectivity index (χ0n) is 16.9. The van der Waals surface area contributed by atoms with E-state index >= 15 is 0 Å². The van der Waals surface area contributed by atoms with E-state index in [4.69, 9.17) is 16.4 Å². The van der Waals surface area contributed by atoms with Crippen LogP contribution in [0.5, 0.6) is 0 Å². The second-order valence-electron chi connectivity index (χ2n) is 7.03. The lowest BCUT2D eigenvalue weighted by molar-refractivity contribution is 0.126. The first-order valence-electron chi connectivity index (χ1n) is 9.66. The zero-order chi connectivity index (χ0) is 21.4. The van der Waals surface area contributed by atoms with Crippen molar-refractivity contribution in [2.45, 2.75) is 20.5 Å². The number of oxime groups is 1. The molecule has 0 N–H and O–H groups in total. The fourth-order valence-corrected chi connectivity index (χ4v) is 3.60. The fourth-order valence-electron chi connectivity index (χ4n) is 3.47. The SMILES string of the molecule is Cc1c(C)n(-c2ccccn2)c2ncn3nc(CO/N=C\c4ccc(Cl)cc4)nc3c12. The minimum Gasteiger partial charge on any atom is -0.387 e. The molecular weight excluding hydrogens is 414 g/mol. The molecule has 0 aliphatic rings. The summed E-state index contributed by atoms with van der Waals surface area (Å²) in [5.41, 5.74) is 4.55. The summed E-state index contributed by atoms with van der Waals surface area (Å²) in [5.74, 6) is 1.33. The number of hydrogen-bond acceptors (Lipinski definition) is 6. The van der Waals surface area contributed by atoms with Crippen molar-refractivity contribution in [3.8, 4) is 5.82 Å². The Bertz CT molecular complexity index is 1410. The maximum Gasteiger partial charge on any atom is 0.192 e. The standard InChI is InChI=1S/C22H18ClN7O/c1-14-15(2)30(19-5-3-4-10-24-19)21-20(14)22-27-18(28-29(22)13-25-21)12-31-26-11-16-6-8-17(23)9-7-16/h3-11,13H,12H2,1-2H3/b26-11-. The summed E-state index contributed by atoms with van der Waals surface area (Å²) in [7, 11) is 0. The van der Waals surface area contributed by atoms with Crippen LogP contribution in [0.25, 0.3) is 22.5 Å². The fraction of sp³-hybridized carbons (Fsp3) is 0.136. The predicted molar refractivity (Wildman–Crippen MR) is 119 cm³/mol. The molecule has 4 heterocycles. The van der Waals surface area contributed by atoms with Crippen molar-refractivity contribution in [2.24, 2.45) is 5.16 Å². The lowest BCUT2D eigenvalue weighted by atomic mass is 10.2. The Kier molecular flexibility index (Phi) is 4.83. The highest BCUT2D eigenvalue weighted by Gasteiger charge is 2.19. The first-order chi connectivity index (χ1) is 15.1. The van der Waals surface area contributed by atoms with Crippen molar-refractivity contribution in [2.75, 3.05) is 0 Å². The third-order valence-electron chi connectivity index (χ3n) is 5.10. The lowest BCUT2D eigenvalue weighted by Gasteiger charge is -2.05. The molecule has 0 amide bonds. The van der Waals surface area contributed by atoms with Gasteiger partial charge in [-0.3, -0.25) is 4.57 Å². The normalized spacial score (nSPS) is 11.7. The molecule has 31 heavy (non-hydrogen) atoms. The number of hydrogen-bond donors (Lipinski definition) is 0. The summed E-state index contributed by atoms with van der Waals surface area (Å²) in [6.07, 6.45) is 5.04. The van der Waals surface area contributed by atoms with E-state index in [2.05, 4.69) is 32.1 Å². The van der Waals surface area contributed by atoms with Gasteiger partial charge in [-0.2, -0.15) is 0 Å². The average molecular weight is 432 g/mol. The Morgan fingerprint density at radius 1 is 1.06 bits per heavy atom. The molecule has 0 unspecified atom stereocenters. The van der Waals surface area contributed by atoms with Gasteiger partial charge in [0.05, 0.1) is 11.6 Å². The van der Waals surface area contributed by atoms with Gasteiger partial charge in [0, 0.05) is 16.9 Å². The summed E-state index contributed by atoms with van der Waals surface area (Å²) in [5, 5.41) is 10.1. The molecule has 0 fully saturated rings. The zero-order valence-corrected chi connectivity index (χ0v) is 17.7. The van der Waals surface area contributed by atoms with E-state index in [-0.39, 0.29) is 6.61 Å². The molecule has 0 aliphatic heterocycles. The topological polar surface area (TPSA) is 82.5 Å². The van der Waals surface area contributed by atoms with Crippen LogP contribution in [0.1, 0.15) is 22.6 Å². The molecule has 0 bridgehead atoms. The largest absolute Gasteiger partial charge is 0.387 e. The van der Waals surface area contributed by atoms with E-state index in [0.717, 1.165) is 39.3 Å². The summed E-state index contributed by atoms with van der Waals surface area (Å²) in [4.78, 5) is 19.2. The molecule has 5 aromatic rings. The molecule has 0 radical (unpaired) electrons. The van der Waals surface area contributed by atoms with Crippen molar-refractivity contribution in [1.29, 1.82) is 0 Å². The number of aryl methyl sites for hydroxylation is 1. The molecule has 4 aromatic heterocycles. The molecule has 0 atom stereocenters. The average Bonchev–Trinajstić information content (AvgIpc) is 3.31. The highest BCUT2D eigenvalue weighted by Crippen LogP contribution is 2.28. The van der Waals surface area contributed by atoms with E-state index in [0.29, 0.717) is 10.8 Å². The molecule has 5 rings (SSSR count). The predicted octanol–water partition coefficient (Wildman–Crippen LogP) is 4.28. The maximum atomic E-state index is 5.89. The van der Waals surface area contributed by atoms with Crippen LogP contribution in [0.15, 0.2) is 60.1 Å². The van der Waals surface area contributed by atoms with Gasteiger partial charge >= 0.3 is 0 Å². The highest BCUT2D eigenvalue weighted by atomic mass is 35.5. The van der Waals surface area contributed by atoms with Crippen molar-refractivity contribution in [1.82, 2.24) is 29.1 Å². The number of fused-ring (bicyclic) bond motifs is 3. The van der Waals surface area contributed by atoms with Gasteiger partial charge in [-0.15, -0.1) is 5.10 Å². The van der Waals surface area contributed by atoms with Crippen molar-refractivity contribution >= 4 is 34.5 Å². The Balaban J connectivity index is 1.46. The Morgan fingerprint density at radius 3 is 2.68 bits per heavy atom. The van der Waals surface area contributed by atoms with Crippen LogP contribution in [0.4, 0.5) is 0 Å². The van der Waals surface area contributed by atoms with Gasteiger partial charge < -0.3 is 4.84 Å². The first kappa shape index (κ1) is 19.2. The van der Waals surface area contributed by atoms with Crippen LogP contribution in [-0.4, -0.2) is 35.3 Å². The summed E-state index contributed by atoms with van der Waals surface area (Å²) in [6, 6.07) is 13.1. The molecule has 1 aromatic carbocycles. The van der Waals surface area contributed by atoms with Gasteiger partial charge in [0.2, 0.25) is 0 Å². The molecular formula is C22H18ClN7O. The molecule has 154 valence electrons. The van der Waals surface area contributed by atoms with Crippen LogP contribution in [0, 0.1) is 13.8 Å². The molecule has 0 saturated carbocycles. The number of rotatable bonds is 5. The summed E-state index contributed by atoms with van der Waals surface area (Å²) in [6.45, 7) is 4.25. The smallest absolute Gasteiger partial charge is 0.192 e. The van der Waals surface area contributed by atoms with Crippen LogP contribution in [0.3, 0.4) is 0 Å². The number of halogens is 1. The van der Waals surface area contributed by atoms with Crippen molar-refractivity contribution in [3.63, 3.8) is 0 Å². The Hall–Kier alpha value is -3.78. The monoisotopic (exact) mass is 431 g/mol. The Morgan fingerprint density at radius 2 is 1.90 bits per heavy atom. The Labute approximate surface area is 182 Å². The van der Waals surface area contributed by atoms with Crippen LogP contribution in [-0.2, 0) is 11.4 Å². The van der Waals surface area contributed by atoms with E-state index in [9.17, 15) is 0 Å². The maximum absolute atomic E-state index is 5.89. The highest BCUT2D eigenvalue weighted by molar-refractivity contribution is 6.30. The molecule has 8 nitrogen and oxygen atoms in total. The van der Waals surface area contributed by atoms with Crippen LogP contribution >= 0.6 is 11.6 Å². The quantitative estimate of drug-likeness (QED) is 0.306. The van der Waals surface area contributed by atoms with Crippen LogP contribution in [0.2, 0.25) is 5.02 Å². The number of aromatic nitrogens is 6. The second-order valence-corrected chi connectivity index (χ2v) is 7.47. The molecule has 9 heteroatoms. The molecule has 0 saturated heterocycles. The van der Waals surface area contributed by atoms with E-state index < -0.39 is 0 Å². The summed E-state index contributed by atoms with van der Waals surface area (Å²) >= 11 is 5.89. The van der Waals surface area contributed by atoms with Gasteiger partial charge in [-0.25, -0.2) is 19.5 Å². The van der Waals surface area contributed by atoms with E-state index in [1.165, 1.54) is 0 Å². The van der Waals surface area contributed by atoms with E-state index in [1.807, 2.05) is 41.8 Å². The van der Waals surface area contributed by atoms with Crippen molar-refractivity contribution in [3.05, 3.63) is 82.7 Å². The van der Waals surface area contributed by atoms with Gasteiger partial charge in [0.1, 0.15) is 12.1 Å². The van der Waals surface area contributed by atoms with E-state index in [1.54, 1.807) is 35.4 Å². The minimum absolute atomic E-state index is 0.145. The van der Waals surface area contributed by atoms with Gasteiger partial charge in [0.25, 0.3) is 0 Å². The third kappa shape index (κ3) is 3.51. The number of nitrogens with zero attached hydrogens (tertiary/aromatic N) is 7. The van der Waals surface area contributed by atoms with Crippen LogP contribution < -0.4 is 0 Å². The van der Waals surface area contributed by atoms with Gasteiger partial charge in [-0.1, -0.05) is 35.0 Å². The number of pyridine rings is 1. The third-order valence-corrected chi connectivity index (χ3v) is 5.35. The van der Waals surface area contributed by atoms with Gasteiger partial charge in [-0.05, 0) is 49.2 Å². The second kappa shape index (κ2) is 7.81. The lowest BCUT2D eigenvalue weighted by Crippen LogP contribution is -2.01. The van der Waals surface area contributed by atoms with Gasteiger partial charge in [0.15, 0.2) is 23.7 Å². The number of benzene rings is 1. The van der Waals surface area contributed by atoms with Crippen molar-refractivity contribution < 1.29 is 4.84 Å². The molecule has 0 aliphatic carbocycles. The molecule has 0 spiro atoms. The minimum atomic E-state index is 0.145. The summed E-state index contributed by atoms with van der Waals surface area (Å²) < 4.78 is 3.70. The first-order valence-corrected chi connectivity index (χ1v) is 10.0.